The summed E-state index contributed by atoms with van der Waals surface area (Å²) < 4.78 is 7.64. The lowest BCUT2D eigenvalue weighted by molar-refractivity contribution is -0.127. The number of aliphatic imine (C=N–C) groups is 1. The number of hydrogen-bond acceptors (Lipinski definition) is 3. The summed E-state index contributed by atoms with van der Waals surface area (Å²) in [6.07, 6.45) is 4.22. The Morgan fingerprint density at radius 3 is 2.73 bits per heavy atom. The van der Waals surface area contributed by atoms with Gasteiger partial charge < -0.3 is 24.4 Å². The van der Waals surface area contributed by atoms with Gasteiger partial charge in [-0.1, -0.05) is 11.6 Å². The van der Waals surface area contributed by atoms with Crippen LogP contribution in [0.5, 0.6) is 0 Å². The van der Waals surface area contributed by atoms with E-state index in [0.717, 1.165) is 25.1 Å². The Balaban J connectivity index is 0.00000338. The Morgan fingerprint density at radius 1 is 1.46 bits per heavy atom. The third kappa shape index (κ3) is 6.96. The number of amides is 1. The molecule has 1 saturated heterocycles. The van der Waals surface area contributed by atoms with Crippen molar-refractivity contribution < 1.29 is 9.53 Å². The van der Waals surface area contributed by atoms with Crippen LogP contribution in [0.3, 0.4) is 0 Å². The fourth-order valence-corrected chi connectivity index (χ4v) is 2.92. The maximum absolute atomic E-state index is 11.9. The van der Waals surface area contributed by atoms with Crippen LogP contribution in [0.4, 0.5) is 0 Å². The molecule has 0 aliphatic carbocycles. The second kappa shape index (κ2) is 11.0. The zero-order valence-corrected chi connectivity index (χ0v) is 19.0. The molecular formula is C17H29ClIN5O2. The van der Waals surface area contributed by atoms with E-state index in [1.54, 1.807) is 14.1 Å². The standard InChI is InChI=1S/C17H28ClN5O2.HI/c1-21(2)16(24)10-20-17(19-9-15-6-5-7-25-15)23(4)12-14-8-13(18)11-22(14)3;/h8,11,15H,5-7,9-10,12H2,1-4H3,(H,19,20);1H. The van der Waals surface area contributed by atoms with Gasteiger partial charge >= 0.3 is 0 Å². The Labute approximate surface area is 177 Å². The van der Waals surface area contributed by atoms with Crippen molar-refractivity contribution in [2.45, 2.75) is 25.5 Å². The number of aromatic nitrogens is 1. The molecule has 1 aliphatic heterocycles. The predicted octanol–water partition coefficient (Wildman–Crippen LogP) is 1.94. The number of aryl methyl sites for hydroxylation is 1. The van der Waals surface area contributed by atoms with Gasteiger partial charge in [-0.05, 0) is 18.9 Å². The highest BCUT2D eigenvalue weighted by Gasteiger charge is 2.18. The third-order valence-electron chi connectivity index (χ3n) is 4.21. The molecule has 26 heavy (non-hydrogen) atoms. The van der Waals surface area contributed by atoms with E-state index in [9.17, 15) is 4.79 Å². The Kier molecular flexibility index (Phi) is 9.73. The number of ether oxygens (including phenoxy) is 1. The molecule has 9 heteroatoms. The molecule has 1 aromatic heterocycles. The molecule has 1 aliphatic rings. The molecule has 1 amide bonds. The van der Waals surface area contributed by atoms with Gasteiger partial charge in [-0.25, -0.2) is 4.99 Å². The maximum atomic E-state index is 11.9. The fourth-order valence-electron chi connectivity index (χ4n) is 2.65. The molecule has 0 saturated carbocycles. The van der Waals surface area contributed by atoms with E-state index in [1.807, 2.05) is 35.8 Å². The smallest absolute Gasteiger partial charge is 0.243 e. The van der Waals surface area contributed by atoms with Crippen molar-refractivity contribution in [2.24, 2.45) is 12.0 Å². The number of carbonyl (C=O) groups is 1. The number of nitrogens with one attached hydrogen (secondary N) is 1. The van der Waals surface area contributed by atoms with Gasteiger partial charge in [0.2, 0.25) is 5.91 Å². The topological polar surface area (TPSA) is 62.1 Å². The van der Waals surface area contributed by atoms with Gasteiger partial charge in [-0.3, -0.25) is 4.79 Å². The Morgan fingerprint density at radius 2 is 2.19 bits per heavy atom. The van der Waals surface area contributed by atoms with E-state index in [0.29, 0.717) is 24.1 Å². The van der Waals surface area contributed by atoms with Crippen LogP contribution in [-0.4, -0.2) is 73.2 Å². The summed E-state index contributed by atoms with van der Waals surface area (Å²) >= 11 is 6.06. The number of rotatable bonds is 6. The predicted molar refractivity (Wildman–Crippen MR) is 115 cm³/mol. The quantitative estimate of drug-likeness (QED) is 0.371. The van der Waals surface area contributed by atoms with E-state index >= 15 is 0 Å². The maximum Gasteiger partial charge on any atom is 0.243 e. The van der Waals surface area contributed by atoms with Crippen LogP contribution >= 0.6 is 35.6 Å². The lowest BCUT2D eigenvalue weighted by Crippen LogP contribution is -2.42. The largest absolute Gasteiger partial charge is 0.376 e. The van der Waals surface area contributed by atoms with Crippen molar-refractivity contribution in [3.8, 4) is 0 Å². The minimum Gasteiger partial charge on any atom is -0.376 e. The van der Waals surface area contributed by atoms with Crippen LogP contribution in [0.2, 0.25) is 5.02 Å². The second-order valence-corrected chi connectivity index (χ2v) is 7.00. The van der Waals surface area contributed by atoms with Gasteiger partial charge in [0.1, 0.15) is 6.54 Å². The van der Waals surface area contributed by atoms with E-state index < -0.39 is 0 Å². The molecule has 7 nitrogen and oxygen atoms in total. The SMILES string of the molecule is CN(C)C(=O)CN=C(NCC1CCCO1)N(C)Cc1cc(Cl)cn1C.I. The van der Waals surface area contributed by atoms with Crippen molar-refractivity contribution in [3.63, 3.8) is 0 Å². The number of halogens is 2. The van der Waals surface area contributed by atoms with E-state index in [4.69, 9.17) is 16.3 Å². The van der Waals surface area contributed by atoms with Gasteiger partial charge in [0, 0.05) is 53.2 Å². The molecule has 1 unspecified atom stereocenters. The third-order valence-corrected chi connectivity index (χ3v) is 4.42. The van der Waals surface area contributed by atoms with E-state index in [1.165, 1.54) is 4.90 Å². The Hall–Kier alpha value is -1.000. The molecule has 1 atom stereocenters. The molecule has 2 heterocycles. The normalized spacial score (nSPS) is 17.0. The van der Waals surface area contributed by atoms with E-state index in [2.05, 4.69) is 10.3 Å². The van der Waals surface area contributed by atoms with Crippen LogP contribution in [0.1, 0.15) is 18.5 Å². The molecule has 0 radical (unpaired) electrons. The summed E-state index contributed by atoms with van der Waals surface area (Å²) in [5, 5.41) is 4.05. The number of likely N-dealkylation sites (N-methyl/N-ethyl adjacent to an activating group) is 1. The second-order valence-electron chi connectivity index (χ2n) is 6.56. The highest BCUT2D eigenvalue weighted by molar-refractivity contribution is 14.0. The van der Waals surface area contributed by atoms with Gasteiger partial charge in [-0.15, -0.1) is 24.0 Å². The van der Waals surface area contributed by atoms with Crippen molar-refractivity contribution in [2.75, 3.05) is 40.8 Å². The van der Waals surface area contributed by atoms with Gasteiger partial charge in [0.05, 0.1) is 17.7 Å². The molecule has 0 aromatic carbocycles. The number of hydrogen-bond donors (Lipinski definition) is 1. The number of nitrogens with zero attached hydrogens (tertiary/aromatic N) is 4. The first-order valence-electron chi connectivity index (χ1n) is 8.48. The lowest BCUT2D eigenvalue weighted by atomic mass is 10.2. The van der Waals surface area contributed by atoms with E-state index in [-0.39, 0.29) is 42.5 Å². The highest BCUT2D eigenvalue weighted by Crippen LogP contribution is 2.14. The van der Waals surface area contributed by atoms with Crippen molar-refractivity contribution in [1.29, 1.82) is 0 Å². The number of carbonyl (C=O) groups excluding carboxylic acids is 1. The zero-order chi connectivity index (χ0) is 18.4. The van der Waals surface area contributed by atoms with Crippen LogP contribution in [0.15, 0.2) is 17.3 Å². The first kappa shape index (κ1) is 23.0. The molecule has 148 valence electrons. The highest BCUT2D eigenvalue weighted by atomic mass is 127. The van der Waals surface area contributed by atoms with Crippen LogP contribution in [0, 0.1) is 0 Å². The average molecular weight is 498 g/mol. The Bertz CT molecular complexity index is 614. The summed E-state index contributed by atoms with van der Waals surface area (Å²) in [7, 11) is 7.36. The summed E-state index contributed by atoms with van der Waals surface area (Å²) in [5.74, 6) is 0.648. The summed E-state index contributed by atoms with van der Waals surface area (Å²) in [5.41, 5.74) is 1.07. The molecular weight excluding hydrogens is 469 g/mol. The van der Waals surface area contributed by atoms with Gasteiger partial charge in [-0.2, -0.15) is 0 Å². The molecule has 0 bridgehead atoms. The molecule has 1 fully saturated rings. The van der Waals surface area contributed by atoms with Crippen molar-refractivity contribution in [1.82, 2.24) is 19.7 Å². The number of guanidine groups is 1. The molecule has 1 aromatic rings. The zero-order valence-electron chi connectivity index (χ0n) is 15.9. The fraction of sp³-hybridized carbons (Fsp3) is 0.647. The average Bonchev–Trinajstić information content (AvgIpc) is 3.16. The molecule has 0 spiro atoms. The van der Waals surface area contributed by atoms with Gasteiger partial charge in [0.25, 0.3) is 0 Å². The molecule has 1 N–H and O–H groups in total. The first-order valence-corrected chi connectivity index (χ1v) is 8.86. The van der Waals surface area contributed by atoms with Crippen molar-refractivity contribution >= 4 is 47.4 Å². The first-order chi connectivity index (χ1) is 11.9. The minimum absolute atomic E-state index is 0. The monoisotopic (exact) mass is 497 g/mol. The van der Waals surface area contributed by atoms with Crippen LogP contribution in [-0.2, 0) is 23.1 Å². The van der Waals surface area contributed by atoms with Crippen molar-refractivity contribution in [3.05, 3.63) is 23.0 Å². The van der Waals surface area contributed by atoms with Crippen LogP contribution in [0.25, 0.3) is 0 Å². The summed E-state index contributed by atoms with van der Waals surface area (Å²) in [4.78, 5) is 19.9. The summed E-state index contributed by atoms with van der Waals surface area (Å²) in [6, 6.07) is 1.93. The molecule has 2 rings (SSSR count). The summed E-state index contributed by atoms with van der Waals surface area (Å²) in [6.45, 7) is 2.25. The lowest BCUT2D eigenvalue weighted by Gasteiger charge is -2.24. The van der Waals surface area contributed by atoms with Gasteiger partial charge in [0.15, 0.2) is 5.96 Å². The minimum atomic E-state index is -0.0354. The van der Waals surface area contributed by atoms with Crippen LogP contribution < -0.4 is 5.32 Å².